The Balaban J connectivity index is 1.81. The fourth-order valence-electron chi connectivity index (χ4n) is 3.43. The second-order valence-corrected chi connectivity index (χ2v) is 7.19. The molecule has 0 saturated heterocycles. The predicted molar refractivity (Wildman–Crippen MR) is 125 cm³/mol. The van der Waals surface area contributed by atoms with Gasteiger partial charge in [-0.1, -0.05) is 6.07 Å². The van der Waals surface area contributed by atoms with Crippen LogP contribution in [-0.4, -0.2) is 34.7 Å². The normalized spacial score (nSPS) is 11.4. The van der Waals surface area contributed by atoms with Crippen LogP contribution in [0.25, 0.3) is 16.9 Å². The topological polar surface area (TPSA) is 81.5 Å². The van der Waals surface area contributed by atoms with Crippen molar-refractivity contribution in [2.45, 2.75) is 13.5 Å². The number of nitrogens with zero attached hydrogens (tertiary/aromatic N) is 3. The molecule has 4 rings (SSSR count). The smallest absolute Gasteiger partial charge is 0.280 e. The van der Waals surface area contributed by atoms with Crippen LogP contribution < -0.4 is 15.0 Å². The van der Waals surface area contributed by atoms with Crippen LogP contribution in [0.15, 0.2) is 82.8 Å². The van der Waals surface area contributed by atoms with Gasteiger partial charge in [0.1, 0.15) is 11.5 Å². The van der Waals surface area contributed by atoms with Crippen LogP contribution in [0.4, 0.5) is 0 Å². The Hall–Kier alpha value is -4.13. The Morgan fingerprint density at radius 1 is 1.00 bits per heavy atom. The summed E-state index contributed by atoms with van der Waals surface area (Å²) in [5, 5.41) is 3.27. The average Bonchev–Trinajstić information content (AvgIpc) is 3.20. The molecule has 0 aliphatic rings. The van der Waals surface area contributed by atoms with Crippen molar-refractivity contribution in [1.82, 2.24) is 14.8 Å². The molecule has 2 aromatic carbocycles. The van der Waals surface area contributed by atoms with Gasteiger partial charge in [0.15, 0.2) is 0 Å². The number of rotatable bonds is 7. The summed E-state index contributed by atoms with van der Waals surface area (Å²) in [6.07, 6.45) is 3.50. The lowest BCUT2D eigenvalue weighted by atomic mass is 10.0. The van der Waals surface area contributed by atoms with Crippen molar-refractivity contribution in [3.8, 4) is 28.4 Å². The molecule has 0 amide bonds. The highest BCUT2D eigenvalue weighted by Gasteiger charge is 2.19. The van der Waals surface area contributed by atoms with Gasteiger partial charge >= 0.3 is 0 Å². The molecule has 0 bridgehead atoms. The number of hydrogen-bond donors (Lipinski definition) is 1. The van der Waals surface area contributed by atoms with Gasteiger partial charge in [0.25, 0.3) is 5.56 Å². The first kappa shape index (κ1) is 21.1. The van der Waals surface area contributed by atoms with Crippen molar-refractivity contribution >= 4 is 5.71 Å². The lowest BCUT2D eigenvalue weighted by molar-refractivity contribution is 0.414. The quantitative estimate of drug-likeness (QED) is 0.446. The second kappa shape index (κ2) is 9.34. The summed E-state index contributed by atoms with van der Waals surface area (Å²) in [5.74, 6) is 1.47. The van der Waals surface area contributed by atoms with Crippen molar-refractivity contribution in [2.75, 3.05) is 14.2 Å². The van der Waals surface area contributed by atoms with E-state index in [4.69, 9.17) is 9.47 Å². The van der Waals surface area contributed by atoms with E-state index in [1.165, 1.54) is 4.68 Å². The second-order valence-electron chi connectivity index (χ2n) is 7.19. The van der Waals surface area contributed by atoms with Gasteiger partial charge in [-0.3, -0.25) is 19.9 Å². The number of H-pyrrole nitrogens is 1. The summed E-state index contributed by atoms with van der Waals surface area (Å²) in [7, 11) is 3.23. The van der Waals surface area contributed by atoms with Crippen LogP contribution >= 0.6 is 0 Å². The van der Waals surface area contributed by atoms with E-state index in [0.717, 1.165) is 22.6 Å². The van der Waals surface area contributed by atoms with Crippen LogP contribution in [0.2, 0.25) is 0 Å². The number of aromatic amines is 1. The Morgan fingerprint density at radius 2 is 1.66 bits per heavy atom. The SMILES string of the molecule is COc1ccc(-c2[nH]n(-c3ccc(OC)cc3)c(=O)c2C(C)=NCc2cccnc2)cc1. The highest BCUT2D eigenvalue weighted by Crippen LogP contribution is 2.25. The van der Waals surface area contributed by atoms with Crippen LogP contribution in [0.1, 0.15) is 18.1 Å². The van der Waals surface area contributed by atoms with E-state index >= 15 is 0 Å². The monoisotopic (exact) mass is 428 g/mol. The van der Waals surface area contributed by atoms with Gasteiger partial charge in [-0.05, 0) is 67.1 Å². The van der Waals surface area contributed by atoms with Crippen LogP contribution in [0.3, 0.4) is 0 Å². The van der Waals surface area contributed by atoms with E-state index in [1.54, 1.807) is 26.6 Å². The number of nitrogens with one attached hydrogen (secondary N) is 1. The highest BCUT2D eigenvalue weighted by molar-refractivity contribution is 6.03. The summed E-state index contributed by atoms with van der Waals surface area (Å²) >= 11 is 0. The molecule has 0 saturated carbocycles. The average molecular weight is 428 g/mol. The lowest BCUT2D eigenvalue weighted by Crippen LogP contribution is -2.19. The molecule has 7 heteroatoms. The summed E-state index contributed by atoms with van der Waals surface area (Å²) in [6.45, 7) is 2.29. The van der Waals surface area contributed by atoms with Gasteiger partial charge in [-0.15, -0.1) is 0 Å². The largest absolute Gasteiger partial charge is 0.497 e. The molecule has 32 heavy (non-hydrogen) atoms. The first-order valence-corrected chi connectivity index (χ1v) is 10.1. The van der Waals surface area contributed by atoms with Gasteiger partial charge in [0.05, 0.1) is 37.7 Å². The Morgan fingerprint density at radius 3 is 2.25 bits per heavy atom. The fraction of sp³-hybridized carbons (Fsp3) is 0.160. The molecule has 0 unspecified atom stereocenters. The minimum atomic E-state index is -0.173. The molecule has 1 N–H and O–H groups in total. The van der Waals surface area contributed by atoms with Crippen molar-refractivity contribution < 1.29 is 9.47 Å². The third kappa shape index (κ3) is 4.32. The van der Waals surface area contributed by atoms with Crippen molar-refractivity contribution in [3.05, 3.63) is 94.5 Å². The number of aliphatic imine (C=N–C) groups is 1. The van der Waals surface area contributed by atoms with Gasteiger partial charge in [0.2, 0.25) is 0 Å². The zero-order valence-electron chi connectivity index (χ0n) is 18.2. The molecule has 2 heterocycles. The van der Waals surface area contributed by atoms with E-state index in [1.807, 2.05) is 67.6 Å². The van der Waals surface area contributed by atoms with E-state index in [0.29, 0.717) is 29.2 Å². The zero-order chi connectivity index (χ0) is 22.5. The van der Waals surface area contributed by atoms with Crippen molar-refractivity contribution in [2.24, 2.45) is 4.99 Å². The third-order valence-electron chi connectivity index (χ3n) is 5.18. The van der Waals surface area contributed by atoms with Gasteiger partial charge < -0.3 is 9.47 Å². The van der Waals surface area contributed by atoms with Crippen LogP contribution in [0.5, 0.6) is 11.5 Å². The van der Waals surface area contributed by atoms with E-state index in [-0.39, 0.29) is 5.56 Å². The number of benzene rings is 2. The summed E-state index contributed by atoms with van der Waals surface area (Å²) in [4.78, 5) is 22.3. The van der Waals surface area contributed by atoms with E-state index in [2.05, 4.69) is 15.1 Å². The first-order valence-electron chi connectivity index (χ1n) is 10.1. The molecule has 0 fully saturated rings. The molecule has 2 aromatic heterocycles. The maximum Gasteiger partial charge on any atom is 0.280 e. The molecule has 4 aromatic rings. The molecular formula is C25H24N4O3. The van der Waals surface area contributed by atoms with Gasteiger partial charge in [-0.25, -0.2) is 4.68 Å². The molecule has 162 valence electrons. The molecule has 0 aliphatic carbocycles. The van der Waals surface area contributed by atoms with Crippen molar-refractivity contribution in [1.29, 1.82) is 0 Å². The van der Waals surface area contributed by atoms with Crippen molar-refractivity contribution in [3.63, 3.8) is 0 Å². The number of pyridine rings is 1. The third-order valence-corrected chi connectivity index (χ3v) is 5.18. The van der Waals surface area contributed by atoms with Gasteiger partial charge in [0, 0.05) is 23.7 Å². The Bertz CT molecular complexity index is 1270. The molecule has 7 nitrogen and oxygen atoms in total. The maximum atomic E-state index is 13.5. The summed E-state index contributed by atoms with van der Waals surface area (Å²) < 4.78 is 12.0. The molecule has 0 radical (unpaired) electrons. The Labute approximate surface area is 186 Å². The summed E-state index contributed by atoms with van der Waals surface area (Å²) in [6, 6.07) is 18.7. The molecule has 0 spiro atoms. The molecular weight excluding hydrogens is 404 g/mol. The van der Waals surface area contributed by atoms with Crippen LogP contribution in [0, 0.1) is 0 Å². The lowest BCUT2D eigenvalue weighted by Gasteiger charge is -2.05. The van der Waals surface area contributed by atoms with E-state index in [9.17, 15) is 4.79 Å². The fourth-order valence-corrected chi connectivity index (χ4v) is 3.43. The molecule has 0 aliphatic heterocycles. The number of ether oxygens (including phenoxy) is 2. The van der Waals surface area contributed by atoms with Crippen LogP contribution in [-0.2, 0) is 6.54 Å². The zero-order valence-corrected chi connectivity index (χ0v) is 18.2. The maximum absolute atomic E-state index is 13.5. The number of aromatic nitrogens is 3. The number of methoxy groups -OCH3 is 2. The standard InChI is InChI=1S/C25H24N4O3/c1-17(27-16-18-5-4-14-26-15-18)23-24(19-6-10-21(31-2)11-7-19)28-29(25(23)30)20-8-12-22(32-3)13-9-20/h4-15,28H,16H2,1-3H3. The molecule has 0 atom stereocenters. The Kier molecular flexibility index (Phi) is 6.17. The summed E-state index contributed by atoms with van der Waals surface area (Å²) in [5.41, 5.74) is 4.24. The highest BCUT2D eigenvalue weighted by atomic mass is 16.5. The predicted octanol–water partition coefficient (Wildman–Crippen LogP) is 4.25. The van der Waals surface area contributed by atoms with E-state index < -0.39 is 0 Å². The minimum absolute atomic E-state index is 0.173. The number of hydrogen-bond acceptors (Lipinski definition) is 5. The van der Waals surface area contributed by atoms with Gasteiger partial charge in [-0.2, -0.15) is 0 Å². The minimum Gasteiger partial charge on any atom is -0.497 e. The first-order chi connectivity index (χ1) is 15.6.